The number of rotatable bonds is 5. The van der Waals surface area contributed by atoms with Gasteiger partial charge in [-0.2, -0.15) is 0 Å². The van der Waals surface area contributed by atoms with Gasteiger partial charge in [0.15, 0.2) is 17.5 Å². The summed E-state index contributed by atoms with van der Waals surface area (Å²) in [7, 11) is 0. The van der Waals surface area contributed by atoms with Crippen LogP contribution in [0.15, 0.2) is 168 Å². The minimum atomic E-state index is 0.604. The lowest BCUT2D eigenvalue weighted by Gasteiger charge is -2.12. The van der Waals surface area contributed by atoms with Crippen LogP contribution in [0.25, 0.3) is 89.1 Å². The SMILES string of the molecule is c1ccc(-c2ccc(-c3nc(-c4cccc5cc(-c6ccccc6)ccc45)nc(-c4cccc5oc6ccccc6c45)n3)cc2)cc1. The largest absolute Gasteiger partial charge is 0.456 e. The highest BCUT2D eigenvalue weighted by atomic mass is 16.3. The molecule has 0 spiro atoms. The summed E-state index contributed by atoms with van der Waals surface area (Å²) in [6.45, 7) is 0. The fourth-order valence-corrected chi connectivity index (χ4v) is 6.44. The van der Waals surface area contributed by atoms with Crippen LogP contribution in [0.4, 0.5) is 0 Å². The summed E-state index contributed by atoms with van der Waals surface area (Å²) < 4.78 is 6.23. The van der Waals surface area contributed by atoms with E-state index >= 15 is 0 Å². The molecule has 47 heavy (non-hydrogen) atoms. The number of benzene rings is 7. The highest BCUT2D eigenvalue weighted by Crippen LogP contribution is 2.37. The van der Waals surface area contributed by atoms with Gasteiger partial charge in [0.2, 0.25) is 0 Å². The molecule has 0 aliphatic heterocycles. The second kappa shape index (κ2) is 11.2. The van der Waals surface area contributed by atoms with Crippen molar-refractivity contribution in [3.8, 4) is 56.4 Å². The summed E-state index contributed by atoms with van der Waals surface area (Å²) in [6, 6.07) is 56.4. The summed E-state index contributed by atoms with van der Waals surface area (Å²) >= 11 is 0. The number of nitrogens with zero attached hydrogens (tertiary/aromatic N) is 3. The van der Waals surface area contributed by atoms with Crippen molar-refractivity contribution in [2.75, 3.05) is 0 Å². The Morgan fingerprint density at radius 2 is 0.894 bits per heavy atom. The van der Waals surface area contributed by atoms with Gasteiger partial charge in [-0.15, -0.1) is 0 Å². The van der Waals surface area contributed by atoms with Gasteiger partial charge in [-0.25, -0.2) is 15.0 Å². The zero-order valence-electron chi connectivity index (χ0n) is 25.3. The first-order valence-corrected chi connectivity index (χ1v) is 15.7. The van der Waals surface area contributed by atoms with Gasteiger partial charge < -0.3 is 4.42 Å². The Balaban J connectivity index is 1.25. The fourth-order valence-electron chi connectivity index (χ4n) is 6.44. The monoisotopic (exact) mass is 601 g/mol. The lowest BCUT2D eigenvalue weighted by molar-refractivity contribution is 0.669. The molecule has 4 heteroatoms. The van der Waals surface area contributed by atoms with Crippen molar-refractivity contribution in [1.29, 1.82) is 0 Å². The molecule has 0 amide bonds. The van der Waals surface area contributed by atoms with Crippen molar-refractivity contribution in [2.24, 2.45) is 0 Å². The van der Waals surface area contributed by atoms with E-state index in [-0.39, 0.29) is 0 Å². The van der Waals surface area contributed by atoms with Crippen molar-refractivity contribution in [3.63, 3.8) is 0 Å². The fraction of sp³-hybridized carbons (Fsp3) is 0. The van der Waals surface area contributed by atoms with Crippen molar-refractivity contribution < 1.29 is 4.42 Å². The van der Waals surface area contributed by atoms with E-state index in [2.05, 4.69) is 121 Å². The molecular formula is C43H27N3O. The minimum absolute atomic E-state index is 0.604. The predicted molar refractivity (Wildman–Crippen MR) is 192 cm³/mol. The molecule has 0 N–H and O–H groups in total. The first-order chi connectivity index (χ1) is 23.3. The van der Waals surface area contributed by atoms with Gasteiger partial charge in [0.25, 0.3) is 0 Å². The lowest BCUT2D eigenvalue weighted by Crippen LogP contribution is -2.01. The Bertz CT molecular complexity index is 2550. The molecule has 0 saturated heterocycles. The summed E-state index contributed by atoms with van der Waals surface area (Å²) in [5.74, 6) is 1.85. The molecule has 2 heterocycles. The molecule has 9 aromatic rings. The van der Waals surface area contributed by atoms with Crippen LogP contribution in [-0.4, -0.2) is 15.0 Å². The molecule has 0 radical (unpaired) electrons. The average Bonchev–Trinajstić information content (AvgIpc) is 3.54. The quantitative estimate of drug-likeness (QED) is 0.197. The predicted octanol–water partition coefficient (Wildman–Crippen LogP) is 11.3. The number of hydrogen-bond acceptors (Lipinski definition) is 4. The molecule has 7 aromatic carbocycles. The van der Waals surface area contributed by atoms with Crippen LogP contribution in [0.2, 0.25) is 0 Å². The normalized spacial score (nSPS) is 11.4. The molecule has 9 rings (SSSR count). The van der Waals surface area contributed by atoms with Crippen LogP contribution < -0.4 is 0 Å². The standard InChI is InChI=1S/C43H27N3O/c1-3-11-28(12-4-1)30-21-23-31(24-22-30)41-44-42(35-17-9-15-33-27-32(25-26-34(33)35)29-13-5-2-6-14-29)46-43(45-41)37-18-10-20-39-40(37)36-16-7-8-19-38(36)47-39/h1-27H. The molecule has 0 bridgehead atoms. The summed E-state index contributed by atoms with van der Waals surface area (Å²) in [6.07, 6.45) is 0. The lowest BCUT2D eigenvalue weighted by atomic mass is 9.98. The number of furan rings is 1. The molecule has 0 aliphatic rings. The topological polar surface area (TPSA) is 51.8 Å². The van der Waals surface area contributed by atoms with Crippen LogP contribution in [0, 0.1) is 0 Å². The Morgan fingerprint density at radius 1 is 0.340 bits per heavy atom. The smallest absolute Gasteiger partial charge is 0.164 e. The summed E-state index contributed by atoms with van der Waals surface area (Å²) in [5.41, 5.74) is 9.09. The zero-order valence-corrected chi connectivity index (χ0v) is 25.3. The summed E-state index contributed by atoms with van der Waals surface area (Å²) in [4.78, 5) is 15.4. The zero-order chi connectivity index (χ0) is 31.2. The average molecular weight is 602 g/mol. The highest BCUT2D eigenvalue weighted by molar-refractivity contribution is 6.11. The summed E-state index contributed by atoms with van der Waals surface area (Å²) in [5, 5.41) is 4.24. The Morgan fingerprint density at radius 3 is 1.68 bits per heavy atom. The van der Waals surface area contributed by atoms with Crippen molar-refractivity contribution >= 4 is 32.7 Å². The van der Waals surface area contributed by atoms with Gasteiger partial charge in [0, 0.05) is 27.5 Å². The molecule has 4 nitrogen and oxygen atoms in total. The first kappa shape index (κ1) is 27.0. The second-order valence-corrected chi connectivity index (χ2v) is 11.6. The van der Waals surface area contributed by atoms with Gasteiger partial charge in [-0.3, -0.25) is 0 Å². The van der Waals surface area contributed by atoms with Crippen LogP contribution in [0.3, 0.4) is 0 Å². The first-order valence-electron chi connectivity index (χ1n) is 15.7. The molecule has 0 unspecified atom stereocenters. The number of para-hydroxylation sites is 1. The number of aromatic nitrogens is 3. The van der Waals surface area contributed by atoms with Crippen LogP contribution in [0.5, 0.6) is 0 Å². The molecule has 0 aliphatic carbocycles. The van der Waals surface area contributed by atoms with E-state index < -0.39 is 0 Å². The third-order valence-electron chi connectivity index (χ3n) is 8.76. The molecule has 0 saturated carbocycles. The van der Waals surface area contributed by atoms with Gasteiger partial charge in [0.1, 0.15) is 11.2 Å². The molecular weight excluding hydrogens is 574 g/mol. The third kappa shape index (κ3) is 4.84. The van der Waals surface area contributed by atoms with Gasteiger partial charge in [-0.05, 0) is 51.2 Å². The van der Waals surface area contributed by atoms with E-state index in [4.69, 9.17) is 19.4 Å². The van der Waals surface area contributed by atoms with E-state index in [1.165, 1.54) is 16.7 Å². The Kier molecular flexibility index (Phi) is 6.43. The number of hydrogen-bond donors (Lipinski definition) is 0. The van der Waals surface area contributed by atoms with Crippen molar-refractivity contribution in [1.82, 2.24) is 15.0 Å². The Hall–Kier alpha value is -6.39. The number of fused-ring (bicyclic) bond motifs is 4. The minimum Gasteiger partial charge on any atom is -0.456 e. The van der Waals surface area contributed by atoms with E-state index in [0.29, 0.717) is 17.5 Å². The van der Waals surface area contributed by atoms with Crippen LogP contribution >= 0.6 is 0 Å². The van der Waals surface area contributed by atoms with E-state index in [9.17, 15) is 0 Å². The van der Waals surface area contributed by atoms with Gasteiger partial charge in [-0.1, -0.05) is 146 Å². The van der Waals surface area contributed by atoms with Crippen molar-refractivity contribution in [2.45, 2.75) is 0 Å². The van der Waals surface area contributed by atoms with E-state index in [1.54, 1.807) is 0 Å². The molecule has 2 aromatic heterocycles. The Labute approximate surface area is 271 Å². The van der Waals surface area contributed by atoms with E-state index in [1.807, 2.05) is 42.5 Å². The maximum absolute atomic E-state index is 6.23. The van der Waals surface area contributed by atoms with Gasteiger partial charge in [0.05, 0.1) is 0 Å². The maximum Gasteiger partial charge on any atom is 0.164 e. The van der Waals surface area contributed by atoms with Crippen LogP contribution in [0.1, 0.15) is 0 Å². The third-order valence-corrected chi connectivity index (χ3v) is 8.76. The maximum atomic E-state index is 6.23. The molecule has 0 fully saturated rings. The molecule has 0 atom stereocenters. The second-order valence-electron chi connectivity index (χ2n) is 11.6. The van der Waals surface area contributed by atoms with Crippen molar-refractivity contribution in [3.05, 3.63) is 164 Å². The van der Waals surface area contributed by atoms with Crippen LogP contribution in [-0.2, 0) is 0 Å². The van der Waals surface area contributed by atoms with Gasteiger partial charge >= 0.3 is 0 Å². The molecule has 220 valence electrons. The van der Waals surface area contributed by atoms with E-state index in [0.717, 1.165) is 55.0 Å². The highest BCUT2D eigenvalue weighted by Gasteiger charge is 2.18.